The van der Waals surface area contributed by atoms with Crippen molar-refractivity contribution in [2.45, 2.75) is 38.6 Å². The van der Waals surface area contributed by atoms with E-state index in [1.54, 1.807) is 11.0 Å². The molecular weight excluding hydrogens is 530 g/mol. The summed E-state index contributed by atoms with van der Waals surface area (Å²) in [6, 6.07) is 6.13. The van der Waals surface area contributed by atoms with Crippen LogP contribution in [0.3, 0.4) is 0 Å². The number of amides is 3. The van der Waals surface area contributed by atoms with Crippen LogP contribution >= 0.6 is 11.6 Å². The highest BCUT2D eigenvalue weighted by atomic mass is 35.5. The maximum atomic E-state index is 14.9. The van der Waals surface area contributed by atoms with Crippen molar-refractivity contribution in [1.29, 1.82) is 0 Å². The third-order valence-electron chi connectivity index (χ3n) is 7.68. The van der Waals surface area contributed by atoms with Crippen molar-refractivity contribution in [3.8, 4) is 0 Å². The Morgan fingerprint density at radius 2 is 1.82 bits per heavy atom. The van der Waals surface area contributed by atoms with E-state index in [9.17, 15) is 23.2 Å². The average Bonchev–Trinajstić information content (AvgIpc) is 2.85. The van der Waals surface area contributed by atoms with Crippen LogP contribution in [0.25, 0.3) is 0 Å². The first-order chi connectivity index (χ1) is 18.7. The monoisotopic (exact) mass is 560 g/mol. The van der Waals surface area contributed by atoms with Gasteiger partial charge >= 0.3 is 0 Å². The Morgan fingerprint density at radius 1 is 1.13 bits per heavy atom. The first-order valence-corrected chi connectivity index (χ1v) is 13.5. The van der Waals surface area contributed by atoms with Crippen LogP contribution in [0.5, 0.6) is 0 Å². The van der Waals surface area contributed by atoms with Crippen LogP contribution in [-0.2, 0) is 25.7 Å². The number of morpholine rings is 1. The molecule has 3 saturated heterocycles. The summed E-state index contributed by atoms with van der Waals surface area (Å²) in [6.45, 7) is 6.73. The molecule has 8 nitrogen and oxygen atoms in total. The van der Waals surface area contributed by atoms with Gasteiger partial charge in [-0.25, -0.2) is 8.78 Å². The van der Waals surface area contributed by atoms with Crippen molar-refractivity contribution in [1.82, 2.24) is 10.2 Å². The minimum absolute atomic E-state index is 0.0275. The first kappa shape index (κ1) is 27.5. The summed E-state index contributed by atoms with van der Waals surface area (Å²) in [5.74, 6) is -3.91. The number of piperidine rings is 1. The summed E-state index contributed by atoms with van der Waals surface area (Å²) in [4.78, 5) is 40.3. The van der Waals surface area contributed by atoms with Gasteiger partial charge in [0.15, 0.2) is 0 Å². The second-order valence-corrected chi connectivity index (χ2v) is 10.9. The lowest BCUT2D eigenvalue weighted by molar-refractivity contribution is -0.134. The van der Waals surface area contributed by atoms with Crippen LogP contribution in [0.15, 0.2) is 24.3 Å². The molecule has 0 radical (unpaired) electrons. The smallest absolute Gasteiger partial charge is 0.234 e. The molecule has 2 N–H and O–H groups in total. The van der Waals surface area contributed by atoms with E-state index in [0.29, 0.717) is 42.7 Å². The number of hydrogen-bond acceptors (Lipinski definition) is 6. The summed E-state index contributed by atoms with van der Waals surface area (Å²) in [5.41, 5.74) is 2.72. The number of halogens is 3. The molecule has 3 heterocycles. The molecule has 208 valence electrons. The third-order valence-corrected chi connectivity index (χ3v) is 8.07. The zero-order valence-corrected chi connectivity index (χ0v) is 22.5. The van der Waals surface area contributed by atoms with E-state index in [-0.39, 0.29) is 36.7 Å². The molecular formula is C28H31ClF2N4O4. The van der Waals surface area contributed by atoms with Gasteiger partial charge in [-0.15, -0.1) is 0 Å². The molecule has 1 atom stereocenters. The first-order valence-electron chi connectivity index (χ1n) is 13.1. The largest absolute Gasteiger partial charge is 0.379 e. The van der Waals surface area contributed by atoms with Crippen molar-refractivity contribution < 1.29 is 27.9 Å². The molecule has 0 saturated carbocycles. The second kappa shape index (κ2) is 11.6. The number of hydrogen-bond donors (Lipinski definition) is 2. The van der Waals surface area contributed by atoms with E-state index >= 15 is 0 Å². The number of nitrogens with one attached hydrogen (secondary N) is 2. The van der Waals surface area contributed by atoms with Gasteiger partial charge in [0, 0.05) is 73.4 Å². The van der Waals surface area contributed by atoms with Gasteiger partial charge in [0.1, 0.15) is 11.6 Å². The molecule has 0 spiro atoms. The fourth-order valence-electron chi connectivity index (χ4n) is 5.41. The molecule has 39 heavy (non-hydrogen) atoms. The molecule has 3 fully saturated rings. The number of rotatable bonds is 7. The molecule has 0 bridgehead atoms. The SMILES string of the molecule is Cc1c(Cl)cc(NC(=O)CC2CN(c3cc(F)c(C4CCC(=O)NC4=O)c(F)c3)C2)cc1CN1CCOCC1. The normalized spacial score (nSPS) is 20.5. The maximum absolute atomic E-state index is 14.9. The second-order valence-electron chi connectivity index (χ2n) is 10.5. The van der Waals surface area contributed by atoms with Gasteiger partial charge in [-0.3, -0.25) is 24.6 Å². The van der Waals surface area contributed by atoms with Gasteiger partial charge < -0.3 is 15.0 Å². The summed E-state index contributed by atoms with van der Waals surface area (Å²) in [5, 5.41) is 5.67. The molecule has 2 aromatic rings. The van der Waals surface area contributed by atoms with Crippen molar-refractivity contribution >= 4 is 40.7 Å². The molecule has 11 heteroatoms. The Bertz CT molecular complexity index is 1270. The Morgan fingerprint density at radius 3 is 2.49 bits per heavy atom. The fraction of sp³-hybridized carbons (Fsp3) is 0.464. The van der Waals surface area contributed by atoms with Gasteiger partial charge in [0.2, 0.25) is 17.7 Å². The highest BCUT2D eigenvalue weighted by Gasteiger charge is 2.34. The topological polar surface area (TPSA) is 91.0 Å². The Hall–Kier alpha value is -3.08. The van der Waals surface area contributed by atoms with Crippen LogP contribution in [0, 0.1) is 24.5 Å². The predicted octanol–water partition coefficient (Wildman–Crippen LogP) is 3.74. The number of nitrogens with zero attached hydrogens (tertiary/aromatic N) is 2. The minimum Gasteiger partial charge on any atom is -0.379 e. The predicted molar refractivity (Wildman–Crippen MR) is 143 cm³/mol. The molecule has 3 aliphatic rings. The Kier molecular flexibility index (Phi) is 8.16. The van der Waals surface area contributed by atoms with E-state index in [0.717, 1.165) is 30.8 Å². The zero-order chi connectivity index (χ0) is 27.7. The minimum atomic E-state index is -1.03. The van der Waals surface area contributed by atoms with E-state index in [1.165, 1.54) is 12.1 Å². The summed E-state index contributed by atoms with van der Waals surface area (Å²) >= 11 is 6.45. The number of anilines is 2. The van der Waals surface area contributed by atoms with E-state index in [2.05, 4.69) is 15.5 Å². The standard InChI is InChI=1S/C28H31ClF2N4O4/c1-16-18(15-34-4-6-39-7-5-34)9-19(10-22(16)29)32-26(37)8-17-13-35(14-17)20-11-23(30)27(24(31)12-20)21-2-3-25(36)33-28(21)38/h9-12,17,21H,2-8,13-15H2,1H3,(H,32,37)(H,33,36,38). The Labute approximate surface area is 230 Å². The highest BCUT2D eigenvalue weighted by molar-refractivity contribution is 6.31. The van der Waals surface area contributed by atoms with Crippen LogP contribution < -0.4 is 15.5 Å². The van der Waals surface area contributed by atoms with Gasteiger partial charge in [0.05, 0.1) is 19.1 Å². The third kappa shape index (κ3) is 6.23. The van der Waals surface area contributed by atoms with Crippen LogP contribution in [0.1, 0.15) is 41.9 Å². The van der Waals surface area contributed by atoms with Crippen molar-refractivity contribution in [3.63, 3.8) is 0 Å². The summed E-state index contributed by atoms with van der Waals surface area (Å²) in [6.07, 6.45) is 0.372. The van der Waals surface area contributed by atoms with Crippen LogP contribution in [0.4, 0.5) is 20.2 Å². The highest BCUT2D eigenvalue weighted by Crippen LogP contribution is 2.35. The van der Waals surface area contributed by atoms with E-state index in [4.69, 9.17) is 16.3 Å². The quantitative estimate of drug-likeness (QED) is 0.501. The molecule has 1 unspecified atom stereocenters. The van der Waals surface area contributed by atoms with Crippen molar-refractivity contribution in [2.24, 2.45) is 5.92 Å². The maximum Gasteiger partial charge on any atom is 0.234 e. The zero-order valence-electron chi connectivity index (χ0n) is 21.7. The van der Waals surface area contributed by atoms with Gasteiger partial charge in [-0.05, 0) is 48.7 Å². The number of imide groups is 1. The lowest BCUT2D eigenvalue weighted by Crippen LogP contribution is -2.48. The van der Waals surface area contributed by atoms with Crippen molar-refractivity contribution in [2.75, 3.05) is 49.6 Å². The number of carbonyl (C=O) groups excluding carboxylic acids is 3. The lowest BCUT2D eigenvalue weighted by atomic mass is 9.89. The lowest BCUT2D eigenvalue weighted by Gasteiger charge is -2.41. The van der Waals surface area contributed by atoms with Gasteiger partial charge in [0.25, 0.3) is 0 Å². The number of carbonyl (C=O) groups is 3. The summed E-state index contributed by atoms with van der Waals surface area (Å²) < 4.78 is 35.1. The number of benzene rings is 2. The van der Waals surface area contributed by atoms with Crippen LogP contribution in [0.2, 0.25) is 5.02 Å². The van der Waals surface area contributed by atoms with Gasteiger partial charge in [-0.2, -0.15) is 0 Å². The molecule has 3 amide bonds. The van der Waals surface area contributed by atoms with Crippen molar-refractivity contribution in [3.05, 3.63) is 57.6 Å². The van der Waals surface area contributed by atoms with Gasteiger partial charge in [-0.1, -0.05) is 11.6 Å². The average molecular weight is 561 g/mol. The van der Waals surface area contributed by atoms with E-state index < -0.39 is 29.4 Å². The van der Waals surface area contributed by atoms with Crippen LogP contribution in [-0.4, -0.2) is 62.0 Å². The molecule has 5 rings (SSSR count). The fourth-order valence-corrected chi connectivity index (χ4v) is 5.65. The Balaban J connectivity index is 1.16. The van der Waals surface area contributed by atoms with E-state index in [1.807, 2.05) is 13.0 Å². The molecule has 3 aliphatic heterocycles. The molecule has 0 aliphatic carbocycles. The summed E-state index contributed by atoms with van der Waals surface area (Å²) in [7, 11) is 0. The number of ether oxygens (including phenoxy) is 1. The molecule has 2 aromatic carbocycles. The molecule has 0 aromatic heterocycles.